The van der Waals surface area contributed by atoms with Crippen LogP contribution >= 0.6 is 0 Å². The standard InChI is InChI=1S/C12H19N3O5S/c1-12(2,6-3-7-16)9-14-21(19,20)10-4-5-11(13-8-10)15(17)18/h4-5,8,14,16H,3,6-7,9H2,1-2H3. The first-order valence-corrected chi connectivity index (χ1v) is 7.87. The SMILES string of the molecule is CC(C)(CCCO)CNS(=O)(=O)c1ccc([N+](=O)[O-])nc1. The number of hydrogen-bond donors (Lipinski definition) is 2. The Kier molecular flexibility index (Phi) is 5.76. The molecule has 0 radical (unpaired) electrons. The third-order valence-electron chi connectivity index (χ3n) is 2.97. The second-order valence-corrected chi connectivity index (χ2v) is 7.19. The fraction of sp³-hybridized carbons (Fsp3) is 0.583. The summed E-state index contributed by atoms with van der Waals surface area (Å²) in [5, 5.41) is 19.3. The first-order chi connectivity index (χ1) is 9.68. The summed E-state index contributed by atoms with van der Waals surface area (Å²) in [4.78, 5) is 13.2. The van der Waals surface area contributed by atoms with Gasteiger partial charge in [-0.15, -0.1) is 0 Å². The van der Waals surface area contributed by atoms with E-state index in [-0.39, 0.29) is 23.5 Å². The number of sulfonamides is 1. The van der Waals surface area contributed by atoms with Gasteiger partial charge in [0.2, 0.25) is 10.0 Å². The smallest absolute Gasteiger partial charge is 0.363 e. The van der Waals surface area contributed by atoms with E-state index in [9.17, 15) is 18.5 Å². The van der Waals surface area contributed by atoms with Crippen molar-refractivity contribution < 1.29 is 18.4 Å². The number of nitrogens with one attached hydrogen (secondary N) is 1. The van der Waals surface area contributed by atoms with Gasteiger partial charge in [0, 0.05) is 19.2 Å². The fourth-order valence-electron chi connectivity index (χ4n) is 1.66. The third kappa shape index (κ3) is 5.37. The van der Waals surface area contributed by atoms with Gasteiger partial charge in [-0.1, -0.05) is 13.8 Å². The van der Waals surface area contributed by atoms with Gasteiger partial charge in [0.05, 0.1) is 0 Å². The Morgan fingerprint density at radius 2 is 2.10 bits per heavy atom. The zero-order valence-corrected chi connectivity index (χ0v) is 12.8. The number of pyridine rings is 1. The van der Waals surface area contributed by atoms with Crippen LogP contribution in [0.5, 0.6) is 0 Å². The molecule has 9 heteroatoms. The van der Waals surface area contributed by atoms with Crippen molar-refractivity contribution in [2.75, 3.05) is 13.2 Å². The molecule has 0 aliphatic carbocycles. The zero-order chi connectivity index (χ0) is 16.1. The Morgan fingerprint density at radius 3 is 2.57 bits per heavy atom. The number of aliphatic hydroxyl groups is 1. The highest BCUT2D eigenvalue weighted by Gasteiger charge is 2.23. The van der Waals surface area contributed by atoms with E-state index in [2.05, 4.69) is 9.71 Å². The van der Waals surface area contributed by atoms with E-state index in [1.54, 1.807) is 0 Å². The molecule has 1 aromatic heterocycles. The molecule has 1 rings (SSSR count). The van der Waals surface area contributed by atoms with Crippen LogP contribution < -0.4 is 4.72 Å². The van der Waals surface area contributed by atoms with Gasteiger partial charge in [-0.2, -0.15) is 0 Å². The lowest BCUT2D eigenvalue weighted by Gasteiger charge is -2.24. The van der Waals surface area contributed by atoms with E-state index < -0.39 is 20.8 Å². The average Bonchev–Trinajstić information content (AvgIpc) is 2.43. The highest BCUT2D eigenvalue weighted by molar-refractivity contribution is 7.89. The molecule has 0 saturated carbocycles. The summed E-state index contributed by atoms with van der Waals surface area (Å²) in [6, 6.07) is 2.19. The predicted molar refractivity (Wildman–Crippen MR) is 76.2 cm³/mol. The minimum Gasteiger partial charge on any atom is -0.396 e. The molecule has 8 nitrogen and oxygen atoms in total. The molecule has 0 saturated heterocycles. The summed E-state index contributed by atoms with van der Waals surface area (Å²) in [6.45, 7) is 4.04. The summed E-state index contributed by atoms with van der Waals surface area (Å²) >= 11 is 0. The van der Waals surface area contributed by atoms with Crippen LogP contribution in [-0.4, -0.2) is 36.6 Å². The van der Waals surface area contributed by atoms with Crippen LogP contribution in [0.1, 0.15) is 26.7 Å². The van der Waals surface area contributed by atoms with E-state index in [0.29, 0.717) is 12.8 Å². The molecule has 0 unspecified atom stereocenters. The van der Waals surface area contributed by atoms with Gasteiger partial charge in [-0.25, -0.2) is 13.1 Å². The van der Waals surface area contributed by atoms with Gasteiger partial charge >= 0.3 is 5.82 Å². The largest absolute Gasteiger partial charge is 0.396 e. The quantitative estimate of drug-likeness (QED) is 0.546. The number of nitro groups is 1. The monoisotopic (exact) mass is 317 g/mol. The average molecular weight is 317 g/mol. The number of aromatic nitrogens is 1. The summed E-state index contributed by atoms with van der Waals surface area (Å²) in [5.74, 6) is -0.405. The van der Waals surface area contributed by atoms with Gasteiger partial charge in [0.25, 0.3) is 0 Å². The van der Waals surface area contributed by atoms with Crippen LogP contribution in [0.2, 0.25) is 0 Å². The lowest BCUT2D eigenvalue weighted by Crippen LogP contribution is -2.34. The minimum absolute atomic E-state index is 0.0580. The molecular formula is C12H19N3O5S. The zero-order valence-electron chi connectivity index (χ0n) is 11.9. The van der Waals surface area contributed by atoms with Crippen LogP contribution in [0.25, 0.3) is 0 Å². The van der Waals surface area contributed by atoms with Gasteiger partial charge in [0.15, 0.2) is 6.20 Å². The van der Waals surface area contributed by atoms with Crippen LogP contribution in [0.3, 0.4) is 0 Å². The number of aliphatic hydroxyl groups excluding tert-OH is 1. The molecule has 0 atom stereocenters. The number of hydrogen-bond acceptors (Lipinski definition) is 6. The van der Waals surface area contributed by atoms with Gasteiger partial charge < -0.3 is 15.2 Å². The molecule has 1 aromatic rings. The normalized spacial score (nSPS) is 12.3. The first-order valence-electron chi connectivity index (χ1n) is 6.39. The van der Waals surface area contributed by atoms with E-state index in [1.807, 2.05) is 13.8 Å². The summed E-state index contributed by atoms with van der Waals surface area (Å²) < 4.78 is 26.6. The van der Waals surface area contributed by atoms with Crippen LogP contribution in [0, 0.1) is 15.5 Å². The van der Waals surface area contributed by atoms with Gasteiger partial charge in [-0.3, -0.25) is 0 Å². The maximum atomic E-state index is 12.1. The van der Waals surface area contributed by atoms with Crippen molar-refractivity contribution in [2.45, 2.75) is 31.6 Å². The molecular weight excluding hydrogens is 298 g/mol. The number of rotatable bonds is 8. The fourth-order valence-corrected chi connectivity index (χ4v) is 2.85. The second kappa shape index (κ2) is 6.92. The molecule has 1 heterocycles. The second-order valence-electron chi connectivity index (χ2n) is 5.43. The molecule has 0 spiro atoms. The lowest BCUT2D eigenvalue weighted by molar-refractivity contribution is -0.389. The molecule has 0 fully saturated rings. The lowest BCUT2D eigenvalue weighted by atomic mass is 9.88. The first kappa shape index (κ1) is 17.5. The minimum atomic E-state index is -3.76. The van der Waals surface area contributed by atoms with E-state index in [4.69, 9.17) is 5.11 Å². The van der Waals surface area contributed by atoms with E-state index >= 15 is 0 Å². The van der Waals surface area contributed by atoms with Crippen molar-refractivity contribution in [1.82, 2.24) is 9.71 Å². The molecule has 0 aromatic carbocycles. The molecule has 0 aliphatic heterocycles. The van der Waals surface area contributed by atoms with E-state index in [1.165, 1.54) is 0 Å². The van der Waals surface area contributed by atoms with Crippen LogP contribution in [0.4, 0.5) is 5.82 Å². The topological polar surface area (TPSA) is 122 Å². The molecule has 0 aliphatic rings. The highest BCUT2D eigenvalue weighted by Crippen LogP contribution is 2.22. The van der Waals surface area contributed by atoms with Crippen LogP contribution in [-0.2, 0) is 10.0 Å². The predicted octanol–water partition coefficient (Wildman–Crippen LogP) is 1.07. The molecule has 21 heavy (non-hydrogen) atoms. The Morgan fingerprint density at radius 1 is 1.43 bits per heavy atom. The van der Waals surface area contributed by atoms with Crippen molar-refractivity contribution in [3.8, 4) is 0 Å². The summed E-state index contributed by atoms with van der Waals surface area (Å²) in [5.41, 5.74) is -0.302. The summed E-state index contributed by atoms with van der Waals surface area (Å²) in [6.07, 6.45) is 2.22. The van der Waals surface area contributed by atoms with Crippen molar-refractivity contribution in [2.24, 2.45) is 5.41 Å². The van der Waals surface area contributed by atoms with Gasteiger partial charge in [-0.05, 0) is 34.2 Å². The Labute approximate surface area is 123 Å². The van der Waals surface area contributed by atoms with Gasteiger partial charge in [0.1, 0.15) is 4.90 Å². The van der Waals surface area contributed by atoms with Crippen molar-refractivity contribution in [1.29, 1.82) is 0 Å². The molecule has 0 bridgehead atoms. The Bertz CT molecular complexity index is 583. The number of nitrogens with zero attached hydrogens (tertiary/aromatic N) is 2. The molecule has 118 valence electrons. The third-order valence-corrected chi connectivity index (χ3v) is 4.36. The maximum absolute atomic E-state index is 12.1. The molecule has 0 amide bonds. The van der Waals surface area contributed by atoms with Crippen molar-refractivity contribution in [3.63, 3.8) is 0 Å². The summed E-state index contributed by atoms with van der Waals surface area (Å²) in [7, 11) is -3.76. The highest BCUT2D eigenvalue weighted by atomic mass is 32.2. The van der Waals surface area contributed by atoms with E-state index in [0.717, 1.165) is 18.3 Å². The Hall–Kier alpha value is -1.58. The van der Waals surface area contributed by atoms with Crippen molar-refractivity contribution >= 4 is 15.8 Å². The Balaban J connectivity index is 2.75. The van der Waals surface area contributed by atoms with Crippen LogP contribution in [0.15, 0.2) is 23.2 Å². The van der Waals surface area contributed by atoms with Crippen molar-refractivity contribution in [3.05, 3.63) is 28.4 Å². The maximum Gasteiger partial charge on any atom is 0.363 e. The molecule has 2 N–H and O–H groups in total.